The van der Waals surface area contributed by atoms with Gasteiger partial charge in [0.25, 0.3) is 0 Å². The van der Waals surface area contributed by atoms with Crippen molar-refractivity contribution in [3.8, 4) is 6.07 Å². The van der Waals surface area contributed by atoms with Gasteiger partial charge in [-0.2, -0.15) is 5.26 Å². The molecule has 1 heterocycles. The Morgan fingerprint density at radius 2 is 2.39 bits per heavy atom. The van der Waals surface area contributed by atoms with E-state index in [1.807, 2.05) is 11.0 Å². The van der Waals surface area contributed by atoms with Crippen LogP contribution in [0.4, 0.5) is 4.39 Å². The number of carbonyl (C=O) groups excluding carboxylic acids is 1. The smallest absolute Gasteiger partial charge is 0.221 e. The first-order chi connectivity index (χ1) is 8.60. The monoisotopic (exact) mass is 247 g/mol. The number of amides is 1. The van der Waals surface area contributed by atoms with Crippen molar-refractivity contribution in [1.82, 2.24) is 4.90 Å². The zero-order valence-corrected chi connectivity index (χ0v) is 9.90. The predicted molar refractivity (Wildman–Crippen MR) is 63.7 cm³/mol. The minimum atomic E-state index is -0.352. The highest BCUT2D eigenvalue weighted by Crippen LogP contribution is 2.20. The third kappa shape index (κ3) is 2.66. The largest absolute Gasteiger partial charge is 0.369 e. The van der Waals surface area contributed by atoms with Gasteiger partial charge in [-0.25, -0.2) is 4.39 Å². The van der Waals surface area contributed by atoms with Crippen LogP contribution < -0.4 is 5.73 Å². The molecule has 1 aliphatic heterocycles. The van der Waals surface area contributed by atoms with Gasteiger partial charge in [-0.05, 0) is 36.7 Å². The van der Waals surface area contributed by atoms with E-state index in [2.05, 4.69) is 0 Å². The Morgan fingerprint density at radius 1 is 1.61 bits per heavy atom. The molecule has 1 unspecified atom stereocenters. The molecule has 1 fully saturated rings. The lowest BCUT2D eigenvalue weighted by molar-refractivity contribution is -0.121. The van der Waals surface area contributed by atoms with E-state index in [0.29, 0.717) is 24.2 Å². The number of nitriles is 1. The highest BCUT2D eigenvalue weighted by Gasteiger charge is 2.26. The fourth-order valence-electron chi connectivity index (χ4n) is 2.25. The quantitative estimate of drug-likeness (QED) is 0.866. The maximum absolute atomic E-state index is 13.2. The van der Waals surface area contributed by atoms with Crippen molar-refractivity contribution < 1.29 is 9.18 Å². The maximum Gasteiger partial charge on any atom is 0.221 e. The third-order valence-electron chi connectivity index (χ3n) is 3.26. The number of primary amides is 1. The summed E-state index contributed by atoms with van der Waals surface area (Å²) < 4.78 is 13.2. The Morgan fingerprint density at radius 3 is 3.00 bits per heavy atom. The predicted octanol–water partition coefficient (Wildman–Crippen LogP) is 1.00. The van der Waals surface area contributed by atoms with Gasteiger partial charge in [-0.3, -0.25) is 9.69 Å². The molecule has 2 rings (SSSR count). The van der Waals surface area contributed by atoms with Gasteiger partial charge in [-0.15, -0.1) is 0 Å². The molecule has 4 nitrogen and oxygen atoms in total. The Bertz CT molecular complexity index is 509. The first-order valence-electron chi connectivity index (χ1n) is 5.80. The van der Waals surface area contributed by atoms with Gasteiger partial charge in [0.1, 0.15) is 5.82 Å². The SMILES string of the molecule is N#Cc1ccc(F)cc1CN1CCC(C(N)=O)C1. The van der Waals surface area contributed by atoms with Crippen LogP contribution in [0.15, 0.2) is 18.2 Å². The number of nitrogens with two attached hydrogens (primary N) is 1. The van der Waals surface area contributed by atoms with E-state index in [1.54, 1.807) is 0 Å². The molecule has 0 spiro atoms. The van der Waals surface area contributed by atoms with E-state index in [0.717, 1.165) is 13.0 Å². The van der Waals surface area contributed by atoms with E-state index >= 15 is 0 Å². The number of hydrogen-bond donors (Lipinski definition) is 1. The van der Waals surface area contributed by atoms with E-state index in [4.69, 9.17) is 11.0 Å². The van der Waals surface area contributed by atoms with E-state index in [9.17, 15) is 9.18 Å². The van der Waals surface area contributed by atoms with Gasteiger partial charge in [0.15, 0.2) is 0 Å². The molecule has 1 aromatic carbocycles. The van der Waals surface area contributed by atoms with Crippen molar-refractivity contribution in [2.45, 2.75) is 13.0 Å². The highest BCUT2D eigenvalue weighted by atomic mass is 19.1. The molecular formula is C13H14FN3O. The Kier molecular flexibility index (Phi) is 3.58. The van der Waals surface area contributed by atoms with E-state index in [-0.39, 0.29) is 17.6 Å². The van der Waals surface area contributed by atoms with Crippen LogP contribution in [0.3, 0.4) is 0 Å². The van der Waals surface area contributed by atoms with Crippen LogP contribution >= 0.6 is 0 Å². The van der Waals surface area contributed by atoms with Gasteiger partial charge in [0, 0.05) is 13.1 Å². The molecule has 1 atom stereocenters. The molecule has 0 radical (unpaired) electrons. The van der Waals surface area contributed by atoms with Crippen molar-refractivity contribution in [2.24, 2.45) is 11.7 Å². The topological polar surface area (TPSA) is 70.1 Å². The number of carbonyl (C=O) groups is 1. The molecule has 0 aromatic heterocycles. The molecule has 1 amide bonds. The Hall–Kier alpha value is -1.93. The Balaban J connectivity index is 2.09. The van der Waals surface area contributed by atoms with Crippen LogP contribution in [0.5, 0.6) is 0 Å². The first-order valence-corrected chi connectivity index (χ1v) is 5.80. The second kappa shape index (κ2) is 5.15. The lowest BCUT2D eigenvalue weighted by Crippen LogP contribution is -2.27. The molecule has 1 aromatic rings. The summed E-state index contributed by atoms with van der Waals surface area (Å²) in [6.45, 7) is 1.80. The summed E-state index contributed by atoms with van der Waals surface area (Å²) in [6, 6.07) is 6.17. The van der Waals surface area contributed by atoms with Gasteiger partial charge >= 0.3 is 0 Å². The average molecular weight is 247 g/mol. The van der Waals surface area contributed by atoms with Crippen LogP contribution in [-0.4, -0.2) is 23.9 Å². The van der Waals surface area contributed by atoms with Gasteiger partial charge < -0.3 is 5.73 Å². The third-order valence-corrected chi connectivity index (χ3v) is 3.26. The van der Waals surface area contributed by atoms with Crippen molar-refractivity contribution in [3.05, 3.63) is 35.1 Å². The lowest BCUT2D eigenvalue weighted by Gasteiger charge is -2.16. The molecule has 1 saturated heterocycles. The number of nitrogens with zero attached hydrogens (tertiary/aromatic N) is 2. The van der Waals surface area contributed by atoms with Crippen LogP contribution in [-0.2, 0) is 11.3 Å². The van der Waals surface area contributed by atoms with E-state index in [1.165, 1.54) is 18.2 Å². The summed E-state index contributed by atoms with van der Waals surface area (Å²) in [4.78, 5) is 13.1. The van der Waals surface area contributed by atoms with Crippen molar-refractivity contribution >= 4 is 5.91 Å². The summed E-state index contributed by atoms with van der Waals surface area (Å²) >= 11 is 0. The minimum Gasteiger partial charge on any atom is -0.369 e. The van der Waals surface area contributed by atoms with Gasteiger partial charge in [0.05, 0.1) is 17.6 Å². The fourth-order valence-corrected chi connectivity index (χ4v) is 2.25. The van der Waals surface area contributed by atoms with Crippen LogP contribution in [0.1, 0.15) is 17.5 Å². The second-order valence-electron chi connectivity index (χ2n) is 4.54. The van der Waals surface area contributed by atoms with E-state index < -0.39 is 0 Å². The normalized spacial score (nSPS) is 19.7. The fraction of sp³-hybridized carbons (Fsp3) is 0.385. The molecule has 1 aliphatic rings. The molecule has 5 heteroatoms. The number of halogens is 1. The molecule has 94 valence electrons. The summed E-state index contributed by atoms with van der Waals surface area (Å²) in [5.74, 6) is -0.781. The summed E-state index contributed by atoms with van der Waals surface area (Å²) in [5, 5.41) is 8.96. The summed E-state index contributed by atoms with van der Waals surface area (Å²) in [5.41, 5.74) is 6.38. The number of hydrogen-bond acceptors (Lipinski definition) is 3. The summed E-state index contributed by atoms with van der Waals surface area (Å²) in [6.07, 6.45) is 0.729. The van der Waals surface area contributed by atoms with Crippen molar-refractivity contribution in [3.63, 3.8) is 0 Å². The lowest BCUT2D eigenvalue weighted by atomic mass is 10.1. The molecule has 18 heavy (non-hydrogen) atoms. The molecular weight excluding hydrogens is 233 g/mol. The number of benzene rings is 1. The standard InChI is InChI=1S/C13H14FN3O/c14-12-2-1-9(6-15)11(5-12)8-17-4-3-10(7-17)13(16)18/h1-2,5,10H,3-4,7-8H2,(H2,16,18). The molecule has 2 N–H and O–H groups in total. The number of likely N-dealkylation sites (tertiary alicyclic amines) is 1. The summed E-state index contributed by atoms with van der Waals surface area (Å²) in [7, 11) is 0. The van der Waals surface area contributed by atoms with Gasteiger partial charge in [0.2, 0.25) is 5.91 Å². The molecule has 0 bridgehead atoms. The van der Waals surface area contributed by atoms with Crippen molar-refractivity contribution in [1.29, 1.82) is 5.26 Å². The maximum atomic E-state index is 13.2. The zero-order valence-electron chi connectivity index (χ0n) is 9.90. The first kappa shape index (κ1) is 12.5. The molecule has 0 saturated carbocycles. The van der Waals surface area contributed by atoms with Gasteiger partial charge in [-0.1, -0.05) is 0 Å². The number of rotatable bonds is 3. The van der Waals surface area contributed by atoms with Crippen LogP contribution in [0.25, 0.3) is 0 Å². The zero-order chi connectivity index (χ0) is 13.1. The second-order valence-corrected chi connectivity index (χ2v) is 4.54. The Labute approximate surface area is 105 Å². The highest BCUT2D eigenvalue weighted by molar-refractivity contribution is 5.77. The minimum absolute atomic E-state index is 0.135. The average Bonchev–Trinajstić information content (AvgIpc) is 2.78. The van der Waals surface area contributed by atoms with Crippen molar-refractivity contribution in [2.75, 3.05) is 13.1 Å². The van der Waals surface area contributed by atoms with Crippen LogP contribution in [0.2, 0.25) is 0 Å². The van der Waals surface area contributed by atoms with Crippen LogP contribution in [0, 0.1) is 23.1 Å². The molecule has 0 aliphatic carbocycles.